The summed E-state index contributed by atoms with van der Waals surface area (Å²) in [5, 5.41) is 10.2. The van der Waals surface area contributed by atoms with Gasteiger partial charge >= 0.3 is 5.97 Å². The second-order valence-electron chi connectivity index (χ2n) is 11.1. The molecule has 0 amide bonds. The highest BCUT2D eigenvalue weighted by Crippen LogP contribution is 2.78. The molecule has 2 heterocycles. The van der Waals surface area contributed by atoms with Crippen molar-refractivity contribution in [3.63, 3.8) is 0 Å². The third-order valence-electron chi connectivity index (χ3n) is 10.3. The first-order valence-corrected chi connectivity index (χ1v) is 11.6. The molecule has 6 nitrogen and oxygen atoms in total. The molecule has 3 saturated carbocycles. The Labute approximate surface area is 177 Å². The molecule has 2 spiro atoms. The normalized spacial score (nSPS) is 55.9. The van der Waals surface area contributed by atoms with E-state index in [-0.39, 0.29) is 57.6 Å². The van der Waals surface area contributed by atoms with Gasteiger partial charge in [0.25, 0.3) is 0 Å². The number of hydrogen-bond acceptors (Lipinski definition) is 6. The summed E-state index contributed by atoms with van der Waals surface area (Å²) < 4.78 is 18.2. The van der Waals surface area contributed by atoms with Crippen molar-refractivity contribution < 1.29 is 28.9 Å². The molecule has 6 aliphatic rings. The summed E-state index contributed by atoms with van der Waals surface area (Å²) in [6.45, 7) is 4.57. The summed E-state index contributed by atoms with van der Waals surface area (Å²) in [5.74, 6) is 0.0156. The van der Waals surface area contributed by atoms with E-state index >= 15 is 0 Å². The SMILES string of the molecule is COC(=O)[C@@H]1CC2=CC(=O)CC[C@]2(C)[C@@]23O[C@@H]2C[C@@]2(C)[C@@H](CC[C@@]24CCC(O)O4)[C@H]13. The van der Waals surface area contributed by atoms with Gasteiger partial charge in [0.2, 0.25) is 0 Å². The maximum atomic E-state index is 13.0. The van der Waals surface area contributed by atoms with Crippen LogP contribution in [0.1, 0.15) is 65.2 Å². The van der Waals surface area contributed by atoms with Gasteiger partial charge in [0.15, 0.2) is 12.1 Å². The number of carbonyl (C=O) groups is 2. The zero-order chi connectivity index (χ0) is 21.1. The Kier molecular flexibility index (Phi) is 3.73. The first-order valence-electron chi connectivity index (χ1n) is 11.6. The average Bonchev–Trinajstić information content (AvgIpc) is 3.20. The highest BCUT2D eigenvalue weighted by molar-refractivity contribution is 5.92. The molecule has 1 N–H and O–H groups in total. The smallest absolute Gasteiger partial charge is 0.309 e. The van der Waals surface area contributed by atoms with Crippen LogP contribution in [0.5, 0.6) is 0 Å². The zero-order valence-corrected chi connectivity index (χ0v) is 18.1. The Hall–Kier alpha value is -1.24. The van der Waals surface area contributed by atoms with Gasteiger partial charge in [-0.25, -0.2) is 0 Å². The van der Waals surface area contributed by atoms with Crippen LogP contribution in [0.2, 0.25) is 0 Å². The quantitative estimate of drug-likeness (QED) is 0.523. The number of fused-ring (bicyclic) bond motifs is 4. The van der Waals surface area contributed by atoms with Gasteiger partial charge in [-0.1, -0.05) is 19.4 Å². The fraction of sp³-hybridized carbons (Fsp3) is 0.833. The van der Waals surface area contributed by atoms with E-state index in [1.165, 1.54) is 7.11 Å². The molecule has 2 saturated heterocycles. The van der Waals surface area contributed by atoms with Crippen molar-refractivity contribution in [1.82, 2.24) is 0 Å². The van der Waals surface area contributed by atoms with Crippen molar-refractivity contribution in [2.75, 3.05) is 7.11 Å². The number of ether oxygens (including phenoxy) is 3. The predicted molar refractivity (Wildman–Crippen MR) is 106 cm³/mol. The second kappa shape index (κ2) is 5.76. The van der Waals surface area contributed by atoms with Crippen LogP contribution in [0.15, 0.2) is 11.6 Å². The monoisotopic (exact) mass is 416 g/mol. The van der Waals surface area contributed by atoms with Gasteiger partial charge in [0, 0.05) is 29.6 Å². The van der Waals surface area contributed by atoms with Crippen LogP contribution < -0.4 is 0 Å². The van der Waals surface area contributed by atoms with Crippen LogP contribution in [0, 0.1) is 28.6 Å². The number of aliphatic hydroxyl groups is 1. The number of ketones is 1. The van der Waals surface area contributed by atoms with E-state index < -0.39 is 6.29 Å². The van der Waals surface area contributed by atoms with Gasteiger partial charge in [-0.2, -0.15) is 0 Å². The van der Waals surface area contributed by atoms with Crippen molar-refractivity contribution in [1.29, 1.82) is 0 Å². The lowest BCUT2D eigenvalue weighted by Crippen LogP contribution is -2.63. The molecule has 0 aromatic carbocycles. The first-order chi connectivity index (χ1) is 14.2. The highest BCUT2D eigenvalue weighted by Gasteiger charge is 2.83. The van der Waals surface area contributed by atoms with Gasteiger partial charge in [-0.05, 0) is 50.5 Å². The van der Waals surface area contributed by atoms with Crippen molar-refractivity contribution in [3.8, 4) is 0 Å². The molecule has 6 heteroatoms. The zero-order valence-electron chi connectivity index (χ0n) is 18.1. The van der Waals surface area contributed by atoms with Gasteiger partial charge in [0.1, 0.15) is 5.60 Å². The summed E-state index contributed by atoms with van der Waals surface area (Å²) >= 11 is 0. The fourth-order valence-electron chi connectivity index (χ4n) is 8.82. The number of aliphatic hydroxyl groups excluding tert-OH is 1. The maximum Gasteiger partial charge on any atom is 0.309 e. The largest absolute Gasteiger partial charge is 0.469 e. The van der Waals surface area contributed by atoms with Crippen LogP contribution in [0.3, 0.4) is 0 Å². The molecular weight excluding hydrogens is 384 g/mol. The van der Waals surface area contributed by atoms with Gasteiger partial charge in [0.05, 0.1) is 24.7 Å². The number of carbonyl (C=O) groups excluding carboxylic acids is 2. The molecule has 5 fully saturated rings. The van der Waals surface area contributed by atoms with E-state index in [1.54, 1.807) is 6.08 Å². The average molecular weight is 417 g/mol. The Balaban J connectivity index is 1.48. The van der Waals surface area contributed by atoms with Crippen LogP contribution in [-0.4, -0.2) is 47.6 Å². The minimum absolute atomic E-state index is 0.0600. The molecule has 1 unspecified atom stereocenters. The van der Waals surface area contributed by atoms with Gasteiger partial charge < -0.3 is 19.3 Å². The number of esters is 1. The van der Waals surface area contributed by atoms with Crippen molar-refractivity contribution in [3.05, 3.63) is 11.6 Å². The summed E-state index contributed by atoms with van der Waals surface area (Å²) in [6.07, 6.45) is 7.45. The van der Waals surface area contributed by atoms with E-state index in [0.717, 1.165) is 37.7 Å². The van der Waals surface area contributed by atoms with E-state index in [2.05, 4.69) is 13.8 Å². The topological polar surface area (TPSA) is 85.4 Å². The minimum atomic E-state index is -0.688. The Morgan fingerprint density at radius 3 is 2.67 bits per heavy atom. The lowest BCUT2D eigenvalue weighted by Gasteiger charge is -2.58. The van der Waals surface area contributed by atoms with Crippen LogP contribution in [0.4, 0.5) is 0 Å². The third-order valence-corrected chi connectivity index (χ3v) is 10.3. The van der Waals surface area contributed by atoms with Gasteiger partial charge in [-0.15, -0.1) is 0 Å². The molecule has 0 bridgehead atoms. The lowest BCUT2D eigenvalue weighted by molar-refractivity contribution is -0.195. The van der Waals surface area contributed by atoms with E-state index in [1.807, 2.05) is 0 Å². The van der Waals surface area contributed by atoms with Crippen molar-refractivity contribution >= 4 is 11.8 Å². The molecule has 0 radical (unpaired) electrons. The highest BCUT2D eigenvalue weighted by atomic mass is 16.6. The fourth-order valence-corrected chi connectivity index (χ4v) is 8.82. The van der Waals surface area contributed by atoms with Crippen LogP contribution in [-0.2, 0) is 23.8 Å². The van der Waals surface area contributed by atoms with E-state index in [9.17, 15) is 14.7 Å². The molecule has 2 aliphatic heterocycles. The Morgan fingerprint density at radius 2 is 1.97 bits per heavy atom. The standard InChI is InChI=1S/C24H32O6/c1-21-7-4-14(25)10-13(21)11-15(20(27)28-3)19-16-5-8-23(9-6-18(26)30-23)22(16,2)12-17-24(19,21)29-17/h10,15-19,26H,4-9,11-12H2,1-3H3/t15-,16+,17-,18?,19+,21+,22+,23-,24-/m1/s1. The molecule has 4 aliphatic carbocycles. The lowest BCUT2D eigenvalue weighted by atomic mass is 9.43. The molecule has 9 atom stereocenters. The Bertz CT molecular complexity index is 866. The Morgan fingerprint density at radius 1 is 1.20 bits per heavy atom. The number of methoxy groups -OCH3 is 1. The summed E-state index contributed by atoms with van der Waals surface area (Å²) in [5.41, 5.74) is 0.0397. The van der Waals surface area contributed by atoms with Crippen LogP contribution >= 0.6 is 0 Å². The predicted octanol–water partition coefficient (Wildman–Crippen LogP) is 2.92. The number of epoxide rings is 1. The molecule has 164 valence electrons. The summed E-state index contributed by atoms with van der Waals surface area (Å²) in [7, 11) is 1.46. The maximum absolute atomic E-state index is 13.0. The first kappa shape index (κ1) is 19.4. The van der Waals surface area contributed by atoms with Crippen LogP contribution in [0.25, 0.3) is 0 Å². The van der Waals surface area contributed by atoms with Crippen molar-refractivity contribution in [2.24, 2.45) is 28.6 Å². The molecule has 6 rings (SSSR count). The van der Waals surface area contributed by atoms with Gasteiger partial charge in [-0.3, -0.25) is 9.59 Å². The van der Waals surface area contributed by atoms with Crippen molar-refractivity contribution in [2.45, 2.75) is 88.8 Å². The van der Waals surface area contributed by atoms with E-state index in [0.29, 0.717) is 19.3 Å². The molecule has 0 aromatic rings. The molecule has 0 aromatic heterocycles. The third kappa shape index (κ3) is 2.02. The number of rotatable bonds is 1. The summed E-state index contributed by atoms with van der Waals surface area (Å²) in [6, 6.07) is 0. The second-order valence-corrected chi connectivity index (χ2v) is 11.1. The number of hydrogen-bond donors (Lipinski definition) is 1. The van der Waals surface area contributed by atoms with E-state index in [4.69, 9.17) is 14.2 Å². The molecular formula is C24H32O6. The minimum Gasteiger partial charge on any atom is -0.469 e. The summed E-state index contributed by atoms with van der Waals surface area (Å²) in [4.78, 5) is 25.3. The molecule has 30 heavy (non-hydrogen) atoms.